The number of nitrogens with one attached hydrogen (secondary N) is 1. The smallest absolute Gasteiger partial charge is 0.350 e. The van der Waals surface area contributed by atoms with Gasteiger partial charge in [-0.25, -0.2) is 27.2 Å². The second-order valence-corrected chi connectivity index (χ2v) is 11.2. The lowest BCUT2D eigenvalue weighted by molar-refractivity contribution is -0.175. The lowest BCUT2D eigenvalue weighted by Crippen LogP contribution is -2.38. The molecular formula is C24H24F5N3O3S. The standard InChI is InChI=1S/C24H24F5N3O3S/c25-16-5-7-19(8-6-16)36(34,35)22-10-17(26)9-20(22)23(33)30-12-18-11-21(32-13-31-18)14-1-3-15(4-2-14)24(27,28)29/h1,5-8,11,13,15,17,20,22H,2-4,9-10,12H2,(H,30,33)/t15-,17-,20-,22?/m1/s1. The third kappa shape index (κ3) is 5.74. The van der Waals surface area contributed by atoms with Crippen LogP contribution in [0.5, 0.6) is 0 Å². The molecule has 0 saturated heterocycles. The lowest BCUT2D eigenvalue weighted by atomic mass is 9.88. The van der Waals surface area contributed by atoms with Crippen molar-refractivity contribution in [1.29, 1.82) is 0 Å². The Morgan fingerprint density at radius 3 is 2.47 bits per heavy atom. The number of rotatable bonds is 6. The van der Waals surface area contributed by atoms with Crippen LogP contribution in [0.15, 0.2) is 47.6 Å². The maximum absolute atomic E-state index is 14.2. The Balaban J connectivity index is 1.43. The maximum Gasteiger partial charge on any atom is 0.392 e. The molecule has 1 heterocycles. The molecule has 6 nitrogen and oxygen atoms in total. The number of sulfone groups is 1. The van der Waals surface area contributed by atoms with Gasteiger partial charge in [0.15, 0.2) is 9.84 Å². The topological polar surface area (TPSA) is 89.0 Å². The van der Waals surface area contributed by atoms with E-state index in [0.29, 0.717) is 17.0 Å². The van der Waals surface area contributed by atoms with E-state index in [-0.39, 0.29) is 43.5 Å². The normalized spacial score (nSPS) is 24.9. The average molecular weight is 530 g/mol. The summed E-state index contributed by atoms with van der Waals surface area (Å²) in [6.07, 6.45) is -3.56. The minimum atomic E-state index is -4.25. The third-order valence-electron chi connectivity index (χ3n) is 6.69. The fourth-order valence-corrected chi connectivity index (χ4v) is 6.69. The van der Waals surface area contributed by atoms with Gasteiger partial charge in [-0.2, -0.15) is 13.2 Å². The van der Waals surface area contributed by atoms with Crippen molar-refractivity contribution in [2.24, 2.45) is 11.8 Å². The molecule has 0 radical (unpaired) electrons. The minimum absolute atomic E-state index is 0.0403. The summed E-state index contributed by atoms with van der Waals surface area (Å²) in [7, 11) is -4.08. The van der Waals surface area contributed by atoms with Crippen LogP contribution in [0.1, 0.15) is 43.5 Å². The number of halogens is 5. The van der Waals surface area contributed by atoms with E-state index < -0.39 is 51.0 Å². The molecule has 2 aromatic rings. The third-order valence-corrected chi connectivity index (χ3v) is 8.94. The summed E-state index contributed by atoms with van der Waals surface area (Å²) in [5.41, 5.74) is 1.49. The molecule has 12 heteroatoms. The van der Waals surface area contributed by atoms with Gasteiger partial charge in [0.25, 0.3) is 0 Å². The van der Waals surface area contributed by atoms with Crippen molar-refractivity contribution in [3.8, 4) is 0 Å². The largest absolute Gasteiger partial charge is 0.392 e. The first kappa shape index (κ1) is 26.2. The van der Waals surface area contributed by atoms with Crippen molar-refractivity contribution in [3.63, 3.8) is 0 Å². The molecule has 4 atom stereocenters. The highest BCUT2D eigenvalue weighted by atomic mass is 32.2. The number of amides is 1. The number of hydrogen-bond donors (Lipinski definition) is 1. The van der Waals surface area contributed by atoms with E-state index in [0.717, 1.165) is 24.3 Å². The molecule has 1 saturated carbocycles. The molecule has 1 aromatic carbocycles. The van der Waals surface area contributed by atoms with E-state index in [1.165, 1.54) is 12.4 Å². The first-order valence-corrected chi connectivity index (χ1v) is 13.0. The Kier molecular flexibility index (Phi) is 7.44. The zero-order chi connectivity index (χ0) is 26.1. The predicted molar refractivity (Wildman–Crippen MR) is 120 cm³/mol. The first-order chi connectivity index (χ1) is 16.9. The molecule has 36 heavy (non-hydrogen) atoms. The van der Waals surface area contributed by atoms with Gasteiger partial charge in [0.2, 0.25) is 5.91 Å². The van der Waals surface area contributed by atoms with Crippen LogP contribution >= 0.6 is 0 Å². The van der Waals surface area contributed by atoms with Gasteiger partial charge in [-0.05, 0) is 68.0 Å². The second kappa shape index (κ2) is 10.2. The molecule has 0 bridgehead atoms. The van der Waals surface area contributed by atoms with Gasteiger partial charge < -0.3 is 5.32 Å². The highest BCUT2D eigenvalue weighted by Gasteiger charge is 2.46. The predicted octanol–water partition coefficient (Wildman–Crippen LogP) is 4.57. The van der Waals surface area contributed by atoms with Gasteiger partial charge in [-0.15, -0.1) is 0 Å². The molecule has 1 amide bonds. The number of benzene rings is 1. The van der Waals surface area contributed by atoms with Crippen molar-refractivity contribution >= 4 is 21.3 Å². The zero-order valence-corrected chi connectivity index (χ0v) is 19.8. The molecule has 2 aliphatic carbocycles. The van der Waals surface area contributed by atoms with E-state index in [9.17, 15) is 35.2 Å². The van der Waals surface area contributed by atoms with Gasteiger partial charge in [0.05, 0.1) is 39.9 Å². The number of allylic oxidation sites excluding steroid dienone is 2. The summed E-state index contributed by atoms with van der Waals surface area (Å²) in [6, 6.07) is 5.71. The van der Waals surface area contributed by atoms with Gasteiger partial charge in [0.1, 0.15) is 18.3 Å². The Morgan fingerprint density at radius 1 is 1.11 bits per heavy atom. The summed E-state index contributed by atoms with van der Waals surface area (Å²) in [6.45, 7) is -0.0937. The van der Waals surface area contributed by atoms with Crippen LogP contribution in [-0.4, -0.2) is 41.9 Å². The second-order valence-electron chi connectivity index (χ2n) is 9.07. The van der Waals surface area contributed by atoms with Crippen LogP contribution in [0.3, 0.4) is 0 Å². The molecule has 1 aromatic heterocycles. The number of nitrogens with zero attached hydrogens (tertiary/aromatic N) is 2. The SMILES string of the molecule is O=C(NCc1cc(C2=CC[C@@H](C(F)(F)F)CC2)ncn1)[C@@H]1C[C@@H](F)CC1S(=O)(=O)c1ccc(F)cc1. The molecule has 0 aliphatic heterocycles. The fourth-order valence-electron chi connectivity index (χ4n) is 4.70. The fraction of sp³-hybridized carbons (Fsp3) is 0.458. The Hall–Kier alpha value is -2.89. The van der Waals surface area contributed by atoms with Gasteiger partial charge in [0, 0.05) is 0 Å². The van der Waals surface area contributed by atoms with E-state index in [1.807, 2.05) is 0 Å². The van der Waals surface area contributed by atoms with E-state index >= 15 is 0 Å². The first-order valence-electron chi connectivity index (χ1n) is 11.4. The molecule has 2 aliphatic rings. The van der Waals surface area contributed by atoms with Crippen LogP contribution in [0.4, 0.5) is 22.0 Å². The molecule has 1 fully saturated rings. The summed E-state index contributed by atoms with van der Waals surface area (Å²) < 4.78 is 92.2. The minimum Gasteiger partial charge on any atom is -0.350 e. The van der Waals surface area contributed by atoms with Gasteiger partial charge in [-0.1, -0.05) is 6.08 Å². The number of carbonyl (C=O) groups is 1. The summed E-state index contributed by atoms with van der Waals surface area (Å²) in [4.78, 5) is 20.9. The van der Waals surface area contributed by atoms with Crippen LogP contribution in [0, 0.1) is 17.7 Å². The van der Waals surface area contributed by atoms with Crippen molar-refractivity contribution in [2.75, 3.05) is 0 Å². The van der Waals surface area contributed by atoms with E-state index in [2.05, 4.69) is 15.3 Å². The summed E-state index contributed by atoms with van der Waals surface area (Å²) in [5, 5.41) is 1.29. The number of alkyl halides is 4. The molecule has 194 valence electrons. The molecular weight excluding hydrogens is 505 g/mol. The maximum atomic E-state index is 14.2. The highest BCUT2D eigenvalue weighted by Crippen LogP contribution is 2.39. The van der Waals surface area contributed by atoms with E-state index in [1.54, 1.807) is 6.07 Å². The van der Waals surface area contributed by atoms with Crippen LogP contribution in [0.25, 0.3) is 5.57 Å². The zero-order valence-electron chi connectivity index (χ0n) is 19.0. The van der Waals surface area contributed by atoms with Gasteiger partial charge in [-0.3, -0.25) is 4.79 Å². The number of aromatic nitrogens is 2. The Morgan fingerprint density at radius 2 is 1.83 bits per heavy atom. The summed E-state index contributed by atoms with van der Waals surface area (Å²) >= 11 is 0. The van der Waals surface area contributed by atoms with Crippen molar-refractivity contribution in [2.45, 2.75) is 61.1 Å². The highest BCUT2D eigenvalue weighted by molar-refractivity contribution is 7.92. The Bertz CT molecular complexity index is 1250. The average Bonchev–Trinajstić information content (AvgIpc) is 3.25. The van der Waals surface area contributed by atoms with E-state index in [4.69, 9.17) is 0 Å². The molecule has 1 N–H and O–H groups in total. The van der Waals surface area contributed by atoms with Crippen molar-refractivity contribution in [1.82, 2.24) is 15.3 Å². The molecule has 0 spiro atoms. The van der Waals surface area contributed by atoms with Crippen LogP contribution in [-0.2, 0) is 21.2 Å². The van der Waals surface area contributed by atoms with Crippen LogP contribution < -0.4 is 5.32 Å². The molecule has 1 unspecified atom stereocenters. The number of carbonyl (C=O) groups excluding carboxylic acids is 1. The lowest BCUT2D eigenvalue weighted by Gasteiger charge is -2.24. The van der Waals surface area contributed by atoms with Crippen molar-refractivity contribution < 1.29 is 35.2 Å². The Labute approximate surface area is 205 Å². The van der Waals surface area contributed by atoms with Crippen molar-refractivity contribution in [3.05, 3.63) is 59.9 Å². The summed E-state index contributed by atoms with van der Waals surface area (Å²) in [5.74, 6) is -3.80. The molecule has 4 rings (SSSR count). The monoisotopic (exact) mass is 529 g/mol. The quantitative estimate of drug-likeness (QED) is 0.438. The van der Waals surface area contributed by atoms with Gasteiger partial charge >= 0.3 is 6.18 Å². The number of hydrogen-bond acceptors (Lipinski definition) is 5. The van der Waals surface area contributed by atoms with Crippen LogP contribution in [0.2, 0.25) is 0 Å².